The van der Waals surface area contributed by atoms with E-state index in [4.69, 9.17) is 18.0 Å². The Balaban J connectivity index is 2.21. The van der Waals surface area contributed by atoms with Gasteiger partial charge in [0, 0.05) is 24.7 Å². The summed E-state index contributed by atoms with van der Waals surface area (Å²) in [6.45, 7) is 7.60. The van der Waals surface area contributed by atoms with E-state index in [9.17, 15) is 8.78 Å². The number of thiocarbonyl (C=S) groups is 1. The van der Waals surface area contributed by atoms with Crippen molar-refractivity contribution >= 4 is 22.9 Å². The first-order valence-electron chi connectivity index (χ1n) is 7.26. The minimum Gasteiger partial charge on any atom is -0.389 e. The molecule has 1 aliphatic rings. The van der Waals surface area contributed by atoms with Gasteiger partial charge in [0.2, 0.25) is 0 Å². The van der Waals surface area contributed by atoms with Gasteiger partial charge in [-0.1, -0.05) is 26.1 Å². The molecule has 0 amide bonds. The van der Waals surface area contributed by atoms with Crippen LogP contribution in [0.2, 0.25) is 0 Å². The molecule has 116 valence electrons. The zero-order chi connectivity index (χ0) is 15.6. The van der Waals surface area contributed by atoms with Crippen LogP contribution in [0.25, 0.3) is 0 Å². The van der Waals surface area contributed by atoms with Gasteiger partial charge in [-0.3, -0.25) is 4.90 Å². The summed E-state index contributed by atoms with van der Waals surface area (Å²) >= 11 is 4.72. The molecular formula is C15H21F2N3S. The number of benzene rings is 1. The molecule has 2 rings (SSSR count). The first kappa shape index (κ1) is 16.1. The summed E-state index contributed by atoms with van der Waals surface area (Å²) in [5, 5.41) is 0. The predicted molar refractivity (Wildman–Crippen MR) is 85.8 cm³/mol. The van der Waals surface area contributed by atoms with Crippen LogP contribution in [0.3, 0.4) is 0 Å². The van der Waals surface area contributed by atoms with E-state index in [0.29, 0.717) is 18.3 Å². The number of rotatable bonds is 5. The van der Waals surface area contributed by atoms with Crippen molar-refractivity contribution < 1.29 is 8.78 Å². The molecule has 2 N–H and O–H groups in total. The molecule has 0 aromatic heterocycles. The fourth-order valence-corrected chi connectivity index (χ4v) is 3.13. The average molecular weight is 313 g/mol. The van der Waals surface area contributed by atoms with Crippen LogP contribution < -0.4 is 10.6 Å². The highest BCUT2D eigenvalue weighted by atomic mass is 32.1. The molecule has 1 unspecified atom stereocenters. The van der Waals surface area contributed by atoms with Crippen LogP contribution in [0.1, 0.15) is 25.8 Å². The van der Waals surface area contributed by atoms with Gasteiger partial charge >= 0.3 is 0 Å². The van der Waals surface area contributed by atoms with Crippen molar-refractivity contribution in [1.82, 2.24) is 4.90 Å². The van der Waals surface area contributed by atoms with Crippen molar-refractivity contribution in [3.05, 3.63) is 29.3 Å². The largest absolute Gasteiger partial charge is 0.389 e. The van der Waals surface area contributed by atoms with Crippen LogP contribution in [0.5, 0.6) is 0 Å². The molecule has 1 aromatic carbocycles. The Morgan fingerprint density at radius 2 is 2.00 bits per heavy atom. The van der Waals surface area contributed by atoms with Gasteiger partial charge in [-0.15, -0.1) is 0 Å². The van der Waals surface area contributed by atoms with Crippen molar-refractivity contribution in [2.24, 2.45) is 5.73 Å². The molecular weight excluding hydrogens is 292 g/mol. The van der Waals surface area contributed by atoms with Crippen LogP contribution in [-0.4, -0.2) is 42.1 Å². The molecule has 1 fully saturated rings. The second-order valence-electron chi connectivity index (χ2n) is 5.23. The van der Waals surface area contributed by atoms with Gasteiger partial charge in [0.05, 0.1) is 5.69 Å². The van der Waals surface area contributed by atoms with E-state index < -0.39 is 11.6 Å². The van der Waals surface area contributed by atoms with E-state index >= 15 is 0 Å². The van der Waals surface area contributed by atoms with Crippen LogP contribution in [0, 0.1) is 11.6 Å². The average Bonchev–Trinajstić information content (AvgIpc) is 2.92. The number of anilines is 1. The normalized spacial score (nSPS) is 18.5. The zero-order valence-electron chi connectivity index (χ0n) is 12.4. The maximum Gasteiger partial charge on any atom is 0.182 e. The monoisotopic (exact) mass is 313 g/mol. The topological polar surface area (TPSA) is 32.5 Å². The maximum absolute atomic E-state index is 14.2. The number of likely N-dealkylation sites (N-methyl/N-ethyl adjacent to an activating group) is 1. The molecule has 6 heteroatoms. The molecule has 0 spiro atoms. The predicted octanol–water partition coefficient (Wildman–Crippen LogP) is 2.52. The third kappa shape index (κ3) is 3.16. The van der Waals surface area contributed by atoms with E-state index in [1.807, 2.05) is 4.90 Å². The lowest BCUT2D eigenvalue weighted by Crippen LogP contribution is -2.37. The number of nitrogens with zero attached hydrogens (tertiary/aromatic N) is 2. The Morgan fingerprint density at radius 1 is 1.33 bits per heavy atom. The van der Waals surface area contributed by atoms with Crippen molar-refractivity contribution in [3.63, 3.8) is 0 Å². The lowest BCUT2D eigenvalue weighted by atomic mass is 10.1. The van der Waals surface area contributed by atoms with Crippen molar-refractivity contribution in [1.29, 1.82) is 0 Å². The molecule has 1 atom stereocenters. The summed E-state index contributed by atoms with van der Waals surface area (Å²) < 4.78 is 28.2. The first-order valence-corrected chi connectivity index (χ1v) is 7.67. The Kier molecular flexibility index (Phi) is 5.11. The Hall–Kier alpha value is -1.27. The molecule has 0 radical (unpaired) electrons. The van der Waals surface area contributed by atoms with E-state index in [-0.39, 0.29) is 10.6 Å². The summed E-state index contributed by atoms with van der Waals surface area (Å²) in [7, 11) is 0. The first-order chi connectivity index (χ1) is 9.99. The van der Waals surface area contributed by atoms with Crippen LogP contribution in [-0.2, 0) is 0 Å². The molecule has 1 aliphatic heterocycles. The molecule has 1 aromatic rings. The Labute approximate surface area is 129 Å². The van der Waals surface area contributed by atoms with Crippen molar-refractivity contribution in [2.75, 3.05) is 31.1 Å². The lowest BCUT2D eigenvalue weighted by Gasteiger charge is -2.27. The zero-order valence-corrected chi connectivity index (χ0v) is 13.2. The molecule has 3 nitrogen and oxygen atoms in total. The smallest absolute Gasteiger partial charge is 0.182 e. The minimum absolute atomic E-state index is 0.0364. The number of halogens is 2. The van der Waals surface area contributed by atoms with Crippen LogP contribution >= 0.6 is 12.2 Å². The summed E-state index contributed by atoms with van der Waals surface area (Å²) in [6, 6.07) is 3.41. The third-order valence-electron chi connectivity index (χ3n) is 4.16. The van der Waals surface area contributed by atoms with Gasteiger partial charge in [-0.05, 0) is 31.6 Å². The molecule has 0 saturated carbocycles. The fraction of sp³-hybridized carbons (Fsp3) is 0.533. The van der Waals surface area contributed by atoms with Crippen molar-refractivity contribution in [2.45, 2.75) is 26.3 Å². The SMILES string of the molecule is CCN(CC)C1CCN(c2ccc(C(N)=S)c(F)c2F)C1. The highest BCUT2D eigenvalue weighted by Crippen LogP contribution is 2.28. The number of nitrogens with two attached hydrogens (primary N) is 1. The second kappa shape index (κ2) is 6.66. The molecule has 0 bridgehead atoms. The highest BCUT2D eigenvalue weighted by molar-refractivity contribution is 7.80. The number of hydrogen-bond donors (Lipinski definition) is 1. The third-order valence-corrected chi connectivity index (χ3v) is 4.38. The fourth-order valence-electron chi connectivity index (χ4n) is 2.97. The van der Waals surface area contributed by atoms with Gasteiger partial charge in [0.15, 0.2) is 11.6 Å². The standard InChI is InChI=1S/C15H21F2N3S/c1-3-19(4-2)10-7-8-20(9-10)12-6-5-11(15(18)21)13(16)14(12)17/h5-6,10H,3-4,7-9H2,1-2H3,(H2,18,21). The highest BCUT2D eigenvalue weighted by Gasteiger charge is 2.29. The quantitative estimate of drug-likeness (QED) is 0.847. The minimum atomic E-state index is -0.953. The summed E-state index contributed by atoms with van der Waals surface area (Å²) in [6.07, 6.45) is 0.958. The van der Waals surface area contributed by atoms with Crippen LogP contribution in [0.4, 0.5) is 14.5 Å². The molecule has 1 heterocycles. The van der Waals surface area contributed by atoms with Gasteiger partial charge in [0.25, 0.3) is 0 Å². The molecule has 21 heavy (non-hydrogen) atoms. The van der Waals surface area contributed by atoms with E-state index in [2.05, 4.69) is 18.7 Å². The Morgan fingerprint density at radius 3 is 2.57 bits per heavy atom. The second-order valence-corrected chi connectivity index (χ2v) is 5.67. The summed E-state index contributed by atoms with van der Waals surface area (Å²) in [5.41, 5.74) is 5.65. The molecule has 0 aliphatic carbocycles. The van der Waals surface area contributed by atoms with Crippen LogP contribution in [0.15, 0.2) is 12.1 Å². The van der Waals surface area contributed by atoms with Gasteiger partial charge < -0.3 is 10.6 Å². The molecule has 1 saturated heterocycles. The summed E-state index contributed by atoms with van der Waals surface area (Å²) in [4.78, 5) is 4.11. The Bertz CT molecular complexity index is 532. The summed E-state index contributed by atoms with van der Waals surface area (Å²) in [5.74, 6) is -1.81. The van der Waals surface area contributed by atoms with Crippen molar-refractivity contribution in [3.8, 4) is 0 Å². The van der Waals surface area contributed by atoms with Gasteiger partial charge in [0.1, 0.15) is 4.99 Å². The van der Waals surface area contributed by atoms with Gasteiger partial charge in [-0.25, -0.2) is 8.78 Å². The maximum atomic E-state index is 14.2. The van der Waals surface area contributed by atoms with E-state index in [0.717, 1.165) is 26.1 Å². The van der Waals surface area contributed by atoms with Gasteiger partial charge in [-0.2, -0.15) is 0 Å². The van der Waals surface area contributed by atoms with E-state index in [1.54, 1.807) is 6.07 Å². The lowest BCUT2D eigenvalue weighted by molar-refractivity contribution is 0.232. The van der Waals surface area contributed by atoms with E-state index in [1.165, 1.54) is 6.07 Å². The number of hydrogen-bond acceptors (Lipinski definition) is 3.